The highest BCUT2D eigenvalue weighted by molar-refractivity contribution is 6.47. The molecule has 1 unspecified atom stereocenters. The molecule has 1 amide bonds. The lowest BCUT2D eigenvalue weighted by Crippen LogP contribution is -2.32. The number of likely N-dealkylation sites (tertiary alicyclic amines) is 1. The quantitative estimate of drug-likeness (QED) is 0.235. The van der Waals surface area contributed by atoms with Gasteiger partial charge < -0.3 is 24.2 Å². The minimum Gasteiger partial charge on any atom is -0.507 e. The first kappa shape index (κ1) is 24.6. The number of carbonyl (C=O) groups excluding carboxylic acids is 2. The van der Waals surface area contributed by atoms with Gasteiger partial charge in [-0.05, 0) is 42.3 Å². The number of carbonyl (C=O) groups is 2. The number of nitrogens with zero attached hydrogens (tertiary/aromatic N) is 1. The topological polar surface area (TPSA) is 85.3 Å². The van der Waals surface area contributed by atoms with Crippen LogP contribution in [0.5, 0.6) is 11.5 Å². The molecule has 1 aliphatic heterocycles. The summed E-state index contributed by atoms with van der Waals surface area (Å²) in [5, 5.41) is 11.4. The van der Waals surface area contributed by atoms with Crippen molar-refractivity contribution in [3.8, 4) is 11.5 Å². The molecule has 1 fully saturated rings. The monoisotopic (exact) mass is 473 g/mol. The van der Waals surface area contributed by atoms with E-state index in [1.807, 2.05) is 0 Å². The van der Waals surface area contributed by atoms with Crippen LogP contribution in [0.25, 0.3) is 5.76 Å². The van der Waals surface area contributed by atoms with E-state index in [0.29, 0.717) is 23.7 Å². The molecule has 3 rings (SSSR count). The van der Waals surface area contributed by atoms with Crippen molar-refractivity contribution in [2.75, 3.05) is 34.0 Å². The molecule has 0 aliphatic carbocycles. The van der Waals surface area contributed by atoms with Gasteiger partial charge in [-0.1, -0.05) is 37.1 Å². The van der Waals surface area contributed by atoms with E-state index in [0.717, 1.165) is 12.8 Å². The molecule has 0 saturated carbocycles. The number of unbranched alkanes of at least 4 members (excludes halogenated alkanes) is 1. The molecule has 1 saturated heterocycles. The minimum absolute atomic E-state index is 0.0362. The predicted octanol–water partition coefficient (Wildman–Crippen LogP) is 4.60. The van der Waals surface area contributed by atoms with E-state index in [9.17, 15) is 14.7 Å². The van der Waals surface area contributed by atoms with Crippen molar-refractivity contribution in [3.05, 3.63) is 64.2 Å². The standard InChI is InChI=1S/C25H28ClNO6/c1-4-5-13-33-17-8-6-16(7-9-17)22-21(24(29)25(30)27(22)12-14-31-2)23(28)19-15-18(32-3)10-11-20(19)26/h6-11,15,22,28H,4-5,12-14H2,1-3H3/b23-21+. The smallest absolute Gasteiger partial charge is 0.295 e. The Bertz CT molecular complexity index is 1030. The molecule has 1 N–H and O–H groups in total. The fraction of sp³-hybridized carbons (Fsp3) is 0.360. The minimum atomic E-state index is -0.799. The van der Waals surface area contributed by atoms with Crippen LogP contribution in [0.2, 0.25) is 5.02 Å². The van der Waals surface area contributed by atoms with Crippen molar-refractivity contribution >= 4 is 29.1 Å². The first-order valence-electron chi connectivity index (χ1n) is 10.8. The average Bonchev–Trinajstić information content (AvgIpc) is 3.08. The maximum absolute atomic E-state index is 13.0. The van der Waals surface area contributed by atoms with Crippen molar-refractivity contribution < 1.29 is 28.9 Å². The van der Waals surface area contributed by atoms with Gasteiger partial charge >= 0.3 is 0 Å². The second-order valence-electron chi connectivity index (χ2n) is 7.60. The van der Waals surface area contributed by atoms with E-state index >= 15 is 0 Å². The summed E-state index contributed by atoms with van der Waals surface area (Å²) >= 11 is 6.31. The maximum atomic E-state index is 13.0. The highest BCUT2D eigenvalue weighted by Gasteiger charge is 2.46. The van der Waals surface area contributed by atoms with E-state index in [-0.39, 0.29) is 35.1 Å². The highest BCUT2D eigenvalue weighted by atomic mass is 35.5. The van der Waals surface area contributed by atoms with E-state index in [2.05, 4.69) is 6.92 Å². The Morgan fingerprint density at radius 2 is 1.76 bits per heavy atom. The zero-order valence-electron chi connectivity index (χ0n) is 19.0. The van der Waals surface area contributed by atoms with Crippen LogP contribution in [-0.4, -0.2) is 55.7 Å². The molecule has 33 heavy (non-hydrogen) atoms. The number of ketones is 1. The Morgan fingerprint density at radius 3 is 2.39 bits per heavy atom. The molecule has 0 aromatic heterocycles. The summed E-state index contributed by atoms with van der Waals surface area (Å²) in [7, 11) is 3.00. The Balaban J connectivity index is 2.08. The number of hydrogen-bond acceptors (Lipinski definition) is 6. The van der Waals surface area contributed by atoms with Gasteiger partial charge in [0.15, 0.2) is 0 Å². The fourth-order valence-corrected chi connectivity index (χ4v) is 3.89. The van der Waals surface area contributed by atoms with Crippen LogP contribution < -0.4 is 9.47 Å². The third kappa shape index (κ3) is 5.31. The molecule has 0 radical (unpaired) electrons. The number of Topliss-reactive ketones (excluding diaryl/α,β-unsaturated/α-hetero) is 1. The van der Waals surface area contributed by atoms with Crippen molar-refractivity contribution in [3.63, 3.8) is 0 Å². The lowest BCUT2D eigenvalue weighted by molar-refractivity contribution is -0.140. The van der Waals surface area contributed by atoms with Crippen LogP contribution in [0, 0.1) is 0 Å². The predicted molar refractivity (Wildman–Crippen MR) is 126 cm³/mol. The number of halogens is 1. The van der Waals surface area contributed by atoms with Gasteiger partial charge in [-0.2, -0.15) is 0 Å². The maximum Gasteiger partial charge on any atom is 0.295 e. The van der Waals surface area contributed by atoms with E-state index in [4.69, 9.17) is 25.8 Å². The largest absolute Gasteiger partial charge is 0.507 e. The number of methoxy groups -OCH3 is 2. The van der Waals surface area contributed by atoms with Gasteiger partial charge in [0.25, 0.3) is 11.7 Å². The first-order chi connectivity index (χ1) is 15.9. The molecule has 0 spiro atoms. The van der Waals surface area contributed by atoms with Gasteiger partial charge in [0.2, 0.25) is 0 Å². The first-order valence-corrected chi connectivity index (χ1v) is 11.1. The SMILES string of the molecule is CCCCOc1ccc(C2/C(=C(\O)c3cc(OC)ccc3Cl)C(=O)C(=O)N2CCOC)cc1. The molecule has 8 heteroatoms. The molecule has 1 aliphatic rings. The van der Waals surface area contributed by atoms with Gasteiger partial charge in [-0.25, -0.2) is 0 Å². The van der Waals surface area contributed by atoms with Crippen LogP contribution in [0.4, 0.5) is 0 Å². The summed E-state index contributed by atoms with van der Waals surface area (Å²) in [6.45, 7) is 3.12. The Morgan fingerprint density at radius 1 is 1.06 bits per heavy atom. The molecule has 2 aromatic rings. The molecule has 0 bridgehead atoms. The van der Waals surface area contributed by atoms with E-state index in [1.165, 1.54) is 25.2 Å². The summed E-state index contributed by atoms with van der Waals surface area (Å²) in [4.78, 5) is 27.3. The number of benzene rings is 2. The van der Waals surface area contributed by atoms with Gasteiger partial charge in [0.05, 0.1) is 37.0 Å². The number of aliphatic hydroxyl groups excluding tert-OH is 1. The molecule has 176 valence electrons. The van der Waals surface area contributed by atoms with Crippen LogP contribution >= 0.6 is 11.6 Å². The summed E-state index contributed by atoms with van der Waals surface area (Å²) in [5.74, 6) is -0.696. The van der Waals surface area contributed by atoms with Gasteiger partial charge in [-0.3, -0.25) is 9.59 Å². The lowest BCUT2D eigenvalue weighted by atomic mass is 9.95. The second-order valence-corrected chi connectivity index (χ2v) is 8.01. The Kier molecular flexibility index (Phi) is 8.36. The summed E-state index contributed by atoms with van der Waals surface area (Å²) in [5.41, 5.74) is 0.838. The highest BCUT2D eigenvalue weighted by Crippen LogP contribution is 2.41. The van der Waals surface area contributed by atoms with Crippen molar-refractivity contribution in [1.82, 2.24) is 4.90 Å². The van der Waals surface area contributed by atoms with Crippen LogP contribution in [0.1, 0.15) is 36.9 Å². The van der Waals surface area contributed by atoms with Crippen molar-refractivity contribution in [2.45, 2.75) is 25.8 Å². The average molecular weight is 474 g/mol. The Labute approximate surface area is 198 Å². The third-order valence-electron chi connectivity index (χ3n) is 5.47. The number of hydrogen-bond donors (Lipinski definition) is 1. The normalized spacial score (nSPS) is 17.5. The second kappa shape index (κ2) is 11.2. The lowest BCUT2D eigenvalue weighted by Gasteiger charge is -2.25. The fourth-order valence-electron chi connectivity index (χ4n) is 3.69. The molecular weight excluding hydrogens is 446 g/mol. The summed E-state index contributed by atoms with van der Waals surface area (Å²) in [6, 6.07) is 11.1. The van der Waals surface area contributed by atoms with E-state index < -0.39 is 17.7 Å². The third-order valence-corrected chi connectivity index (χ3v) is 5.80. The molecule has 2 aromatic carbocycles. The molecule has 1 atom stereocenters. The van der Waals surface area contributed by atoms with Gasteiger partial charge in [0, 0.05) is 19.2 Å². The van der Waals surface area contributed by atoms with Gasteiger partial charge in [-0.15, -0.1) is 0 Å². The summed E-state index contributed by atoms with van der Waals surface area (Å²) < 4.78 is 16.1. The molecule has 1 heterocycles. The van der Waals surface area contributed by atoms with Crippen LogP contribution in [0.15, 0.2) is 48.0 Å². The van der Waals surface area contributed by atoms with Crippen LogP contribution in [-0.2, 0) is 14.3 Å². The van der Waals surface area contributed by atoms with Crippen molar-refractivity contribution in [2.24, 2.45) is 0 Å². The summed E-state index contributed by atoms with van der Waals surface area (Å²) in [6.07, 6.45) is 1.97. The number of amides is 1. The van der Waals surface area contributed by atoms with Crippen molar-refractivity contribution in [1.29, 1.82) is 0 Å². The zero-order chi connectivity index (χ0) is 24.0. The number of ether oxygens (including phenoxy) is 3. The number of aliphatic hydroxyl groups is 1. The Hall–Kier alpha value is -3.03. The zero-order valence-corrected chi connectivity index (χ0v) is 19.7. The number of rotatable bonds is 10. The van der Waals surface area contributed by atoms with E-state index in [1.54, 1.807) is 36.4 Å². The van der Waals surface area contributed by atoms with Crippen LogP contribution in [0.3, 0.4) is 0 Å². The van der Waals surface area contributed by atoms with Gasteiger partial charge in [0.1, 0.15) is 17.3 Å². The molecule has 7 nitrogen and oxygen atoms in total. The molecular formula is C25H28ClNO6.